The zero-order chi connectivity index (χ0) is 23.0. The predicted molar refractivity (Wildman–Crippen MR) is 117 cm³/mol. The molecule has 0 spiro atoms. The Balaban J connectivity index is 1.68. The number of hydrogen-bond acceptors (Lipinski definition) is 5. The Morgan fingerprint density at radius 1 is 1.03 bits per heavy atom. The minimum atomic E-state index is -3.29. The summed E-state index contributed by atoms with van der Waals surface area (Å²) in [5.41, 5.74) is 0.463. The van der Waals surface area contributed by atoms with Gasteiger partial charge in [0.15, 0.2) is 5.82 Å². The molecule has 0 saturated carbocycles. The second-order valence-electron chi connectivity index (χ2n) is 8.29. The van der Waals surface area contributed by atoms with E-state index in [2.05, 4.69) is 20.4 Å². The van der Waals surface area contributed by atoms with Gasteiger partial charge in [-0.05, 0) is 26.1 Å². The number of rotatable bonds is 5. The first-order valence-corrected chi connectivity index (χ1v) is 10.4. The molecule has 0 atom stereocenters. The number of benzene rings is 2. The molecule has 1 fully saturated rings. The molecule has 170 valence electrons. The minimum absolute atomic E-state index is 0.0657. The molecular weight excluding hydrogens is 422 g/mol. The molecule has 0 radical (unpaired) electrons. The van der Waals surface area contributed by atoms with Gasteiger partial charge < -0.3 is 15.1 Å². The van der Waals surface area contributed by atoms with Gasteiger partial charge in [-0.3, -0.25) is 0 Å². The molecule has 0 amide bonds. The first kappa shape index (κ1) is 22.3. The third kappa shape index (κ3) is 4.34. The topological polar surface area (TPSA) is 44.3 Å². The number of piperazine rings is 1. The van der Waals surface area contributed by atoms with Gasteiger partial charge in [0.25, 0.3) is 5.92 Å². The third-order valence-corrected chi connectivity index (χ3v) is 5.87. The number of aromatic nitrogens is 2. The number of nitrogens with zero attached hydrogens (tertiary/aromatic N) is 4. The highest BCUT2D eigenvalue weighted by molar-refractivity contribution is 5.95. The number of nitrogens with one attached hydrogen (secondary N) is 1. The Morgan fingerprint density at radius 3 is 2.44 bits per heavy atom. The first-order chi connectivity index (χ1) is 15.1. The number of aryl methyl sites for hydroxylation is 1. The molecule has 2 heterocycles. The Kier molecular flexibility index (Phi) is 5.94. The van der Waals surface area contributed by atoms with E-state index in [0.29, 0.717) is 48.0 Å². The second kappa shape index (κ2) is 8.54. The fraction of sp³-hybridized carbons (Fsp3) is 0.391. The molecule has 1 aliphatic rings. The smallest absolute Gasteiger partial charge is 0.273 e. The van der Waals surface area contributed by atoms with Crippen LogP contribution < -0.4 is 10.2 Å². The van der Waals surface area contributed by atoms with Crippen molar-refractivity contribution in [2.24, 2.45) is 0 Å². The summed E-state index contributed by atoms with van der Waals surface area (Å²) < 4.78 is 56.9. The molecule has 3 aromatic rings. The van der Waals surface area contributed by atoms with Gasteiger partial charge in [0.2, 0.25) is 0 Å². The number of halogens is 4. The van der Waals surface area contributed by atoms with Crippen molar-refractivity contribution in [2.45, 2.75) is 26.3 Å². The molecule has 0 unspecified atom stereocenters. The highest BCUT2D eigenvalue weighted by atomic mass is 19.3. The lowest BCUT2D eigenvalue weighted by Crippen LogP contribution is -2.44. The summed E-state index contributed by atoms with van der Waals surface area (Å²) in [7, 11) is 2.03. The van der Waals surface area contributed by atoms with Gasteiger partial charge >= 0.3 is 0 Å². The van der Waals surface area contributed by atoms with Crippen molar-refractivity contribution in [2.75, 3.05) is 43.4 Å². The van der Waals surface area contributed by atoms with Gasteiger partial charge in [-0.15, -0.1) is 5.10 Å². The van der Waals surface area contributed by atoms with Crippen LogP contribution in [0.15, 0.2) is 30.3 Å². The van der Waals surface area contributed by atoms with E-state index in [0.717, 1.165) is 19.2 Å². The summed E-state index contributed by atoms with van der Waals surface area (Å²) in [4.78, 5) is 4.17. The van der Waals surface area contributed by atoms with Crippen LogP contribution >= 0.6 is 0 Å². The normalized spacial score (nSPS) is 15.4. The summed E-state index contributed by atoms with van der Waals surface area (Å²) >= 11 is 0. The van der Waals surface area contributed by atoms with Crippen LogP contribution in [0, 0.1) is 18.6 Å². The van der Waals surface area contributed by atoms with Gasteiger partial charge in [-0.2, -0.15) is 5.10 Å². The van der Waals surface area contributed by atoms with E-state index >= 15 is 0 Å². The lowest BCUT2D eigenvalue weighted by Gasteiger charge is -2.34. The summed E-state index contributed by atoms with van der Waals surface area (Å²) in [6.45, 7) is 5.38. The number of alkyl halides is 2. The van der Waals surface area contributed by atoms with Crippen molar-refractivity contribution in [1.29, 1.82) is 0 Å². The van der Waals surface area contributed by atoms with Crippen LogP contribution in [-0.2, 0) is 12.5 Å². The van der Waals surface area contributed by atoms with E-state index in [4.69, 9.17) is 0 Å². The summed E-state index contributed by atoms with van der Waals surface area (Å²) in [6, 6.07) is 7.08. The van der Waals surface area contributed by atoms with Crippen LogP contribution in [0.1, 0.15) is 23.7 Å². The Labute approximate surface area is 184 Å². The predicted octanol–water partition coefficient (Wildman–Crippen LogP) is 4.69. The lowest BCUT2D eigenvalue weighted by molar-refractivity contribution is 0.0136. The molecule has 1 aromatic heterocycles. The van der Waals surface area contributed by atoms with Gasteiger partial charge in [0, 0.05) is 56.0 Å². The zero-order valence-electron chi connectivity index (χ0n) is 18.2. The molecule has 1 N–H and O–H groups in total. The van der Waals surface area contributed by atoms with Crippen molar-refractivity contribution in [1.82, 2.24) is 15.1 Å². The monoisotopic (exact) mass is 447 g/mol. The maximum atomic E-state index is 14.9. The first-order valence-electron chi connectivity index (χ1n) is 10.4. The quantitative estimate of drug-likeness (QED) is 0.575. The molecule has 4 rings (SSSR count). The lowest BCUT2D eigenvalue weighted by atomic mass is 10.0. The van der Waals surface area contributed by atoms with Crippen molar-refractivity contribution in [3.8, 4) is 0 Å². The number of likely N-dealkylation sites (N-methyl/N-ethyl adjacent to an activating group) is 1. The van der Waals surface area contributed by atoms with Crippen LogP contribution in [-0.4, -0.2) is 48.3 Å². The molecule has 32 heavy (non-hydrogen) atoms. The average molecular weight is 447 g/mol. The Morgan fingerprint density at radius 2 is 1.75 bits per heavy atom. The standard InChI is InChI=1S/C23H25F4N5/c1-14-16-11-19(24)20(32-9-7-31(3)8-10-32)12-17(16)22(30-29-14)28-13-15-5-4-6-18(21(15)25)23(2,26)27/h4-6,11-12H,7-10,13H2,1-3H3,(H,28,30). The van der Waals surface area contributed by atoms with Crippen LogP contribution in [0.3, 0.4) is 0 Å². The van der Waals surface area contributed by atoms with Gasteiger partial charge in [0.1, 0.15) is 11.6 Å². The molecule has 0 bridgehead atoms. The van der Waals surface area contributed by atoms with Crippen LogP contribution in [0.2, 0.25) is 0 Å². The Hall–Kier alpha value is -2.94. The van der Waals surface area contributed by atoms with Crippen molar-refractivity contribution < 1.29 is 17.6 Å². The highest BCUT2D eigenvalue weighted by Crippen LogP contribution is 2.33. The molecular formula is C23H25F4N5. The minimum Gasteiger partial charge on any atom is -0.367 e. The molecule has 2 aromatic carbocycles. The van der Waals surface area contributed by atoms with Gasteiger partial charge in [-0.25, -0.2) is 17.6 Å². The fourth-order valence-corrected chi connectivity index (χ4v) is 3.94. The zero-order valence-corrected chi connectivity index (χ0v) is 18.2. The van der Waals surface area contributed by atoms with E-state index in [1.54, 1.807) is 13.0 Å². The maximum Gasteiger partial charge on any atom is 0.273 e. The molecule has 1 saturated heterocycles. The number of fused-ring (bicyclic) bond motifs is 1. The molecule has 5 nitrogen and oxygen atoms in total. The molecule has 9 heteroatoms. The summed E-state index contributed by atoms with van der Waals surface area (Å²) in [6.07, 6.45) is 0. The maximum absolute atomic E-state index is 14.9. The van der Waals surface area contributed by atoms with Crippen LogP contribution in [0.25, 0.3) is 10.8 Å². The largest absolute Gasteiger partial charge is 0.367 e. The van der Waals surface area contributed by atoms with Crippen LogP contribution in [0.5, 0.6) is 0 Å². The summed E-state index contributed by atoms with van der Waals surface area (Å²) in [5.74, 6) is -4.24. The van der Waals surface area contributed by atoms with Crippen molar-refractivity contribution >= 4 is 22.3 Å². The average Bonchev–Trinajstić information content (AvgIpc) is 2.74. The van der Waals surface area contributed by atoms with E-state index in [1.807, 2.05) is 11.9 Å². The van der Waals surface area contributed by atoms with Crippen molar-refractivity contribution in [3.05, 3.63) is 58.8 Å². The summed E-state index contributed by atoms with van der Waals surface area (Å²) in [5, 5.41) is 12.5. The molecule has 0 aliphatic carbocycles. The number of anilines is 2. The fourth-order valence-electron chi connectivity index (χ4n) is 3.94. The highest BCUT2D eigenvalue weighted by Gasteiger charge is 2.29. The van der Waals surface area contributed by atoms with Crippen LogP contribution in [0.4, 0.5) is 29.1 Å². The Bertz CT molecular complexity index is 1140. The van der Waals surface area contributed by atoms with E-state index < -0.39 is 17.3 Å². The second-order valence-corrected chi connectivity index (χ2v) is 8.29. The van der Waals surface area contributed by atoms with E-state index in [-0.39, 0.29) is 17.9 Å². The number of hydrogen-bond donors (Lipinski definition) is 1. The van der Waals surface area contributed by atoms with E-state index in [1.165, 1.54) is 18.2 Å². The van der Waals surface area contributed by atoms with Gasteiger partial charge in [-0.1, -0.05) is 18.2 Å². The third-order valence-electron chi connectivity index (χ3n) is 5.87. The van der Waals surface area contributed by atoms with Gasteiger partial charge in [0.05, 0.1) is 16.9 Å². The van der Waals surface area contributed by atoms with E-state index in [9.17, 15) is 17.6 Å². The van der Waals surface area contributed by atoms with Crippen molar-refractivity contribution in [3.63, 3.8) is 0 Å². The molecule has 1 aliphatic heterocycles. The SMILES string of the molecule is Cc1nnc(NCc2cccc(C(C)(F)F)c2F)c2cc(N3CCN(C)CC3)c(F)cc12.